The fourth-order valence-corrected chi connectivity index (χ4v) is 9.36. The van der Waals surface area contributed by atoms with Crippen molar-refractivity contribution in [2.24, 2.45) is 0 Å². The molecule has 0 aliphatic carbocycles. The van der Waals surface area contributed by atoms with Gasteiger partial charge in [0.15, 0.2) is 6.10 Å². The Hall–Kier alpha value is -3.67. The van der Waals surface area contributed by atoms with Crippen LogP contribution in [-0.2, 0) is 28.6 Å². The summed E-state index contributed by atoms with van der Waals surface area (Å²) in [4.78, 5) is 38.4. The van der Waals surface area contributed by atoms with E-state index in [1.807, 2.05) is 0 Å². The zero-order valence-corrected chi connectivity index (χ0v) is 51.4. The van der Waals surface area contributed by atoms with Crippen LogP contribution in [0.15, 0.2) is 97.2 Å². The zero-order chi connectivity index (χ0) is 56.4. The van der Waals surface area contributed by atoms with Gasteiger partial charge in [-0.2, -0.15) is 0 Å². The summed E-state index contributed by atoms with van der Waals surface area (Å²) in [6.45, 7) is 6.52. The molecular weight excluding hydrogens is 961 g/mol. The third kappa shape index (κ3) is 63.2. The average molecular weight is 1090 g/mol. The van der Waals surface area contributed by atoms with Gasteiger partial charge < -0.3 is 14.2 Å². The lowest BCUT2D eigenvalue weighted by atomic mass is 10.0. The van der Waals surface area contributed by atoms with Crippen LogP contribution in [0.2, 0.25) is 0 Å². The van der Waals surface area contributed by atoms with Crippen molar-refractivity contribution < 1.29 is 28.6 Å². The molecule has 0 heterocycles. The number of esters is 3. The van der Waals surface area contributed by atoms with E-state index in [9.17, 15) is 14.4 Å². The monoisotopic (exact) mass is 1080 g/mol. The molecule has 0 radical (unpaired) electrons. The molecule has 0 spiro atoms. The SMILES string of the molecule is CC/C=C\C/C=C\C/C=C\C/C=C\C/C=C\C/C=C\CCCCCCCCC(=O)OCC(COC(=O)CCCCCCC/C=C\C/C=C\CCCCCC)OC(=O)CCCCCCCCCCCCCCCCCCCCC. The summed E-state index contributed by atoms with van der Waals surface area (Å²) in [5.74, 6) is -0.900. The number of hydrogen-bond acceptors (Lipinski definition) is 6. The van der Waals surface area contributed by atoms with E-state index in [4.69, 9.17) is 14.2 Å². The molecule has 0 rings (SSSR count). The van der Waals surface area contributed by atoms with Gasteiger partial charge in [0.2, 0.25) is 0 Å². The molecule has 0 aliphatic rings. The molecule has 78 heavy (non-hydrogen) atoms. The van der Waals surface area contributed by atoms with Gasteiger partial charge in [0, 0.05) is 19.3 Å². The maximum atomic E-state index is 12.9. The van der Waals surface area contributed by atoms with Crippen molar-refractivity contribution in [2.45, 2.75) is 329 Å². The van der Waals surface area contributed by atoms with Gasteiger partial charge in [-0.05, 0) is 103 Å². The van der Waals surface area contributed by atoms with Gasteiger partial charge in [-0.1, -0.05) is 298 Å². The standard InChI is InChI=1S/C72H124O6/c1-4-7-10-13-16-19-22-25-28-31-33-34-35-36-37-38-40-41-44-47-50-53-56-59-62-65-71(74)77-68-69(67-76-70(73)64-61-58-55-52-49-46-43-30-27-24-21-18-15-12-9-6-3)78-72(75)66-63-60-57-54-51-48-45-42-39-32-29-26-23-20-17-14-11-8-5-2/h7,10,16,19,21,24-25,28,30,33-34,36-37,40-41,43,69H,4-6,8-9,11-15,17-18,20,22-23,26-27,29,31-32,35,38-39,42,44-68H2,1-3H3/b10-7-,19-16-,24-21-,28-25-,34-33-,37-36-,41-40-,43-30-. The lowest BCUT2D eigenvalue weighted by molar-refractivity contribution is -0.167. The summed E-state index contributed by atoms with van der Waals surface area (Å²) in [5.41, 5.74) is 0. The number of allylic oxidation sites excluding steroid dienone is 16. The highest BCUT2D eigenvalue weighted by Gasteiger charge is 2.19. The third-order valence-electron chi connectivity index (χ3n) is 14.3. The Morgan fingerprint density at radius 3 is 0.795 bits per heavy atom. The van der Waals surface area contributed by atoms with Gasteiger partial charge in [0.25, 0.3) is 0 Å². The summed E-state index contributed by atoms with van der Waals surface area (Å²) in [6, 6.07) is 0. The van der Waals surface area contributed by atoms with E-state index in [1.165, 1.54) is 154 Å². The van der Waals surface area contributed by atoms with Crippen LogP contribution < -0.4 is 0 Å². The molecule has 0 aromatic carbocycles. The number of ether oxygens (including phenoxy) is 3. The van der Waals surface area contributed by atoms with Crippen LogP contribution in [-0.4, -0.2) is 37.2 Å². The molecule has 0 amide bonds. The Balaban J connectivity index is 4.40. The predicted octanol–water partition coefficient (Wildman–Crippen LogP) is 22.8. The summed E-state index contributed by atoms with van der Waals surface area (Å²) in [7, 11) is 0. The van der Waals surface area contributed by atoms with Gasteiger partial charge >= 0.3 is 17.9 Å². The van der Waals surface area contributed by atoms with Crippen molar-refractivity contribution in [1.29, 1.82) is 0 Å². The van der Waals surface area contributed by atoms with Crippen LogP contribution in [0, 0.1) is 0 Å². The van der Waals surface area contributed by atoms with Gasteiger partial charge in [-0.15, -0.1) is 0 Å². The Morgan fingerprint density at radius 1 is 0.269 bits per heavy atom. The minimum atomic E-state index is -0.791. The average Bonchev–Trinajstić information content (AvgIpc) is 3.44. The molecule has 0 bridgehead atoms. The van der Waals surface area contributed by atoms with E-state index < -0.39 is 6.10 Å². The fraction of sp³-hybridized carbons (Fsp3) is 0.736. The van der Waals surface area contributed by atoms with E-state index in [2.05, 4.69) is 118 Å². The number of carbonyl (C=O) groups is 3. The molecule has 0 N–H and O–H groups in total. The van der Waals surface area contributed by atoms with E-state index in [1.54, 1.807) is 0 Å². The van der Waals surface area contributed by atoms with Crippen LogP contribution in [0.1, 0.15) is 323 Å². The van der Waals surface area contributed by atoms with Gasteiger partial charge in [0.1, 0.15) is 13.2 Å². The van der Waals surface area contributed by atoms with Crippen molar-refractivity contribution in [1.82, 2.24) is 0 Å². The van der Waals surface area contributed by atoms with Crippen molar-refractivity contribution in [3.05, 3.63) is 97.2 Å². The van der Waals surface area contributed by atoms with E-state index in [-0.39, 0.29) is 31.1 Å². The first kappa shape index (κ1) is 74.3. The Labute approximate surface area is 483 Å². The lowest BCUT2D eigenvalue weighted by Gasteiger charge is -2.18. The smallest absolute Gasteiger partial charge is 0.306 e. The van der Waals surface area contributed by atoms with Crippen LogP contribution in [0.25, 0.3) is 0 Å². The topological polar surface area (TPSA) is 78.9 Å². The van der Waals surface area contributed by atoms with Crippen molar-refractivity contribution in [2.75, 3.05) is 13.2 Å². The van der Waals surface area contributed by atoms with Gasteiger partial charge in [-0.25, -0.2) is 0 Å². The highest BCUT2D eigenvalue weighted by Crippen LogP contribution is 2.17. The highest BCUT2D eigenvalue weighted by atomic mass is 16.6. The number of carbonyl (C=O) groups excluding carboxylic acids is 3. The molecule has 0 saturated heterocycles. The second-order valence-corrected chi connectivity index (χ2v) is 22.0. The normalized spacial score (nSPS) is 12.7. The quantitative estimate of drug-likeness (QED) is 0.0261. The minimum Gasteiger partial charge on any atom is -0.462 e. The molecule has 0 aromatic heterocycles. The first-order valence-electron chi connectivity index (χ1n) is 33.2. The van der Waals surface area contributed by atoms with Gasteiger partial charge in [-0.3, -0.25) is 14.4 Å². The van der Waals surface area contributed by atoms with Crippen molar-refractivity contribution in [3.8, 4) is 0 Å². The van der Waals surface area contributed by atoms with Crippen molar-refractivity contribution >= 4 is 17.9 Å². The first-order chi connectivity index (χ1) is 38.5. The molecule has 1 unspecified atom stereocenters. The maximum absolute atomic E-state index is 12.9. The molecular formula is C72H124O6. The molecule has 0 aromatic rings. The lowest BCUT2D eigenvalue weighted by Crippen LogP contribution is -2.30. The Bertz CT molecular complexity index is 1530. The molecule has 0 fully saturated rings. The Kier molecular flexibility index (Phi) is 62.7. The number of unbranched alkanes of at least 4 members (excludes halogenated alkanes) is 33. The number of hydrogen-bond donors (Lipinski definition) is 0. The molecule has 0 saturated carbocycles. The van der Waals surface area contributed by atoms with Gasteiger partial charge in [0.05, 0.1) is 0 Å². The highest BCUT2D eigenvalue weighted by molar-refractivity contribution is 5.71. The molecule has 6 heteroatoms. The largest absolute Gasteiger partial charge is 0.462 e. The molecule has 448 valence electrons. The maximum Gasteiger partial charge on any atom is 0.306 e. The predicted molar refractivity (Wildman–Crippen MR) is 339 cm³/mol. The van der Waals surface area contributed by atoms with Crippen LogP contribution >= 0.6 is 0 Å². The molecule has 0 aliphatic heterocycles. The van der Waals surface area contributed by atoms with Crippen molar-refractivity contribution in [3.63, 3.8) is 0 Å². The van der Waals surface area contributed by atoms with E-state index >= 15 is 0 Å². The Morgan fingerprint density at radius 2 is 0.500 bits per heavy atom. The molecule has 1 atom stereocenters. The van der Waals surface area contributed by atoms with E-state index in [0.29, 0.717) is 19.3 Å². The zero-order valence-electron chi connectivity index (χ0n) is 51.4. The number of rotatable bonds is 60. The van der Waals surface area contributed by atoms with Crippen LogP contribution in [0.3, 0.4) is 0 Å². The summed E-state index contributed by atoms with van der Waals surface area (Å²) < 4.78 is 16.9. The summed E-state index contributed by atoms with van der Waals surface area (Å²) >= 11 is 0. The minimum absolute atomic E-state index is 0.0873. The van der Waals surface area contributed by atoms with Crippen LogP contribution in [0.4, 0.5) is 0 Å². The van der Waals surface area contributed by atoms with E-state index in [0.717, 1.165) is 128 Å². The molecule has 6 nitrogen and oxygen atoms in total. The summed E-state index contributed by atoms with van der Waals surface area (Å²) in [6.07, 6.45) is 88.4. The second kappa shape index (κ2) is 65.8. The second-order valence-electron chi connectivity index (χ2n) is 22.0. The summed E-state index contributed by atoms with van der Waals surface area (Å²) in [5, 5.41) is 0. The third-order valence-corrected chi connectivity index (χ3v) is 14.3. The first-order valence-corrected chi connectivity index (χ1v) is 33.2. The fourth-order valence-electron chi connectivity index (χ4n) is 9.36. The van der Waals surface area contributed by atoms with Crippen LogP contribution in [0.5, 0.6) is 0 Å².